The number of hydrogen-bond donors (Lipinski definition) is 1. The minimum absolute atomic E-state index is 0.226. The van der Waals surface area contributed by atoms with Gasteiger partial charge in [0, 0.05) is 12.2 Å². The van der Waals surface area contributed by atoms with Gasteiger partial charge in [0.2, 0.25) is 0 Å². The number of hydrogen-bond acceptors (Lipinski definition) is 4. The van der Waals surface area contributed by atoms with E-state index in [0.717, 1.165) is 16.9 Å². The number of rotatable bonds is 2. The molecule has 0 spiro atoms. The van der Waals surface area contributed by atoms with Gasteiger partial charge in [0.1, 0.15) is 0 Å². The van der Waals surface area contributed by atoms with E-state index in [0.29, 0.717) is 12.1 Å². The second-order valence-electron chi connectivity index (χ2n) is 4.38. The van der Waals surface area contributed by atoms with E-state index in [4.69, 9.17) is 10.5 Å². The zero-order chi connectivity index (χ0) is 13.2. The molecule has 0 amide bonds. The number of anilines is 2. The van der Waals surface area contributed by atoms with Gasteiger partial charge in [-0.05, 0) is 29.8 Å². The first kappa shape index (κ1) is 11.7. The Morgan fingerprint density at radius 1 is 1.16 bits per heavy atom. The van der Waals surface area contributed by atoms with Gasteiger partial charge in [-0.1, -0.05) is 24.3 Å². The molecule has 0 fully saturated rings. The van der Waals surface area contributed by atoms with E-state index in [1.807, 2.05) is 47.4 Å². The van der Waals surface area contributed by atoms with E-state index in [2.05, 4.69) is 0 Å². The Bertz CT molecular complexity index is 625. The SMILES string of the molecule is NCc1cccc(N2COC(=O)c3ccccc32)c1. The third-order valence-electron chi connectivity index (χ3n) is 3.20. The number of para-hydroxylation sites is 1. The van der Waals surface area contributed by atoms with Crippen LogP contribution in [0.2, 0.25) is 0 Å². The molecule has 2 N–H and O–H groups in total. The van der Waals surface area contributed by atoms with Gasteiger partial charge in [0.25, 0.3) is 0 Å². The molecule has 1 aliphatic rings. The fraction of sp³-hybridized carbons (Fsp3) is 0.133. The summed E-state index contributed by atoms with van der Waals surface area (Å²) in [6.45, 7) is 0.715. The van der Waals surface area contributed by atoms with Crippen LogP contribution in [0.3, 0.4) is 0 Å². The van der Waals surface area contributed by atoms with E-state index in [1.165, 1.54) is 0 Å². The van der Waals surface area contributed by atoms with Crippen LogP contribution in [0, 0.1) is 0 Å². The number of nitrogens with zero attached hydrogens (tertiary/aromatic N) is 1. The maximum Gasteiger partial charge on any atom is 0.342 e. The Balaban J connectivity index is 2.06. The summed E-state index contributed by atoms with van der Waals surface area (Å²) in [5.74, 6) is -0.276. The van der Waals surface area contributed by atoms with Crippen molar-refractivity contribution >= 4 is 17.3 Å². The van der Waals surface area contributed by atoms with E-state index in [9.17, 15) is 4.79 Å². The monoisotopic (exact) mass is 254 g/mol. The van der Waals surface area contributed by atoms with Crippen LogP contribution in [0.15, 0.2) is 48.5 Å². The van der Waals surface area contributed by atoms with Gasteiger partial charge in [0.05, 0.1) is 11.3 Å². The number of carbonyl (C=O) groups excluding carboxylic acids is 1. The molecule has 0 unspecified atom stereocenters. The van der Waals surface area contributed by atoms with Crippen LogP contribution in [0.1, 0.15) is 15.9 Å². The van der Waals surface area contributed by atoms with Gasteiger partial charge in [-0.2, -0.15) is 0 Å². The average Bonchev–Trinajstić information content (AvgIpc) is 2.48. The van der Waals surface area contributed by atoms with Crippen LogP contribution < -0.4 is 10.6 Å². The van der Waals surface area contributed by atoms with Crippen LogP contribution in [0.5, 0.6) is 0 Å². The predicted octanol–water partition coefficient (Wildman–Crippen LogP) is 2.41. The van der Waals surface area contributed by atoms with Gasteiger partial charge >= 0.3 is 5.97 Å². The molecule has 0 bridgehead atoms. The lowest BCUT2D eigenvalue weighted by Crippen LogP contribution is -2.30. The highest BCUT2D eigenvalue weighted by Gasteiger charge is 2.24. The highest BCUT2D eigenvalue weighted by atomic mass is 16.5. The molecule has 0 radical (unpaired) electrons. The first-order chi connectivity index (χ1) is 9.29. The summed E-state index contributed by atoms with van der Waals surface area (Å²) in [4.78, 5) is 13.7. The highest BCUT2D eigenvalue weighted by Crippen LogP contribution is 2.32. The molecule has 0 aromatic heterocycles. The zero-order valence-corrected chi connectivity index (χ0v) is 10.4. The highest BCUT2D eigenvalue weighted by molar-refractivity contribution is 5.98. The molecule has 0 saturated heterocycles. The lowest BCUT2D eigenvalue weighted by molar-refractivity contribution is 0.0494. The molecule has 4 heteroatoms. The number of cyclic esters (lactones) is 1. The average molecular weight is 254 g/mol. The second kappa shape index (κ2) is 4.74. The van der Waals surface area contributed by atoms with Crippen molar-refractivity contribution < 1.29 is 9.53 Å². The third-order valence-corrected chi connectivity index (χ3v) is 3.20. The molecule has 19 heavy (non-hydrogen) atoms. The number of esters is 1. The molecule has 0 saturated carbocycles. The van der Waals surface area contributed by atoms with Crippen LogP contribution in [0.25, 0.3) is 0 Å². The smallest absolute Gasteiger partial charge is 0.342 e. The molecule has 96 valence electrons. The quantitative estimate of drug-likeness (QED) is 0.836. The minimum Gasteiger partial charge on any atom is -0.440 e. The molecular formula is C15H14N2O2. The lowest BCUT2D eigenvalue weighted by Gasteiger charge is -2.30. The molecule has 1 aliphatic heterocycles. The Morgan fingerprint density at radius 3 is 2.84 bits per heavy atom. The van der Waals surface area contributed by atoms with Crippen molar-refractivity contribution in [3.05, 3.63) is 59.7 Å². The Morgan fingerprint density at radius 2 is 2.00 bits per heavy atom. The maximum absolute atomic E-state index is 11.7. The summed E-state index contributed by atoms with van der Waals surface area (Å²) < 4.78 is 5.20. The Labute approximate surface area is 111 Å². The van der Waals surface area contributed by atoms with Gasteiger partial charge in [-0.15, -0.1) is 0 Å². The van der Waals surface area contributed by atoms with Crippen LogP contribution >= 0.6 is 0 Å². The van der Waals surface area contributed by atoms with Crippen molar-refractivity contribution in [1.82, 2.24) is 0 Å². The van der Waals surface area contributed by atoms with Crippen molar-refractivity contribution in [3.8, 4) is 0 Å². The standard InChI is InChI=1S/C15H14N2O2/c16-9-11-4-3-5-12(8-11)17-10-19-15(18)13-6-1-2-7-14(13)17/h1-8H,9-10,16H2. The maximum atomic E-state index is 11.7. The number of carbonyl (C=O) groups is 1. The molecular weight excluding hydrogens is 240 g/mol. The molecule has 0 aliphatic carbocycles. The van der Waals surface area contributed by atoms with E-state index in [-0.39, 0.29) is 12.7 Å². The van der Waals surface area contributed by atoms with Gasteiger partial charge < -0.3 is 15.4 Å². The fourth-order valence-electron chi connectivity index (χ4n) is 2.22. The van der Waals surface area contributed by atoms with Crippen LogP contribution in [0.4, 0.5) is 11.4 Å². The van der Waals surface area contributed by atoms with Gasteiger partial charge in [-0.3, -0.25) is 0 Å². The molecule has 1 heterocycles. The predicted molar refractivity (Wildman–Crippen MR) is 73.2 cm³/mol. The van der Waals surface area contributed by atoms with Crippen LogP contribution in [-0.2, 0) is 11.3 Å². The number of ether oxygens (including phenoxy) is 1. The van der Waals surface area contributed by atoms with Crippen molar-refractivity contribution in [1.29, 1.82) is 0 Å². The summed E-state index contributed by atoms with van der Waals surface area (Å²) in [7, 11) is 0. The molecule has 0 atom stereocenters. The van der Waals surface area contributed by atoms with Crippen molar-refractivity contribution in [3.63, 3.8) is 0 Å². The van der Waals surface area contributed by atoms with Crippen molar-refractivity contribution in [2.75, 3.05) is 11.6 Å². The summed E-state index contributed by atoms with van der Waals surface area (Å²) in [6.07, 6.45) is 0. The second-order valence-corrected chi connectivity index (χ2v) is 4.38. The zero-order valence-electron chi connectivity index (χ0n) is 10.4. The van der Waals surface area contributed by atoms with Crippen molar-refractivity contribution in [2.24, 2.45) is 5.73 Å². The topological polar surface area (TPSA) is 55.6 Å². The lowest BCUT2D eigenvalue weighted by atomic mass is 10.1. The van der Waals surface area contributed by atoms with Crippen LogP contribution in [-0.4, -0.2) is 12.7 Å². The first-order valence-electron chi connectivity index (χ1n) is 6.12. The summed E-state index contributed by atoms with van der Waals surface area (Å²) >= 11 is 0. The fourth-order valence-corrected chi connectivity index (χ4v) is 2.22. The van der Waals surface area contributed by atoms with E-state index in [1.54, 1.807) is 6.07 Å². The van der Waals surface area contributed by atoms with Gasteiger partial charge in [-0.25, -0.2) is 4.79 Å². The Kier molecular flexibility index (Phi) is 2.93. The van der Waals surface area contributed by atoms with E-state index >= 15 is 0 Å². The molecule has 3 rings (SSSR count). The summed E-state index contributed by atoms with van der Waals surface area (Å²) in [5.41, 5.74) is 9.14. The number of fused-ring (bicyclic) bond motifs is 1. The molecule has 2 aromatic carbocycles. The van der Waals surface area contributed by atoms with E-state index < -0.39 is 0 Å². The number of nitrogens with two attached hydrogens (primary N) is 1. The minimum atomic E-state index is -0.276. The molecule has 2 aromatic rings. The third kappa shape index (κ3) is 2.06. The number of benzene rings is 2. The summed E-state index contributed by atoms with van der Waals surface area (Å²) in [6, 6.07) is 15.4. The van der Waals surface area contributed by atoms with Gasteiger partial charge in [0.15, 0.2) is 6.73 Å². The first-order valence-corrected chi connectivity index (χ1v) is 6.12. The molecule has 4 nitrogen and oxygen atoms in total. The summed E-state index contributed by atoms with van der Waals surface area (Å²) in [5, 5.41) is 0. The normalized spacial score (nSPS) is 13.9. The Hall–Kier alpha value is -2.33. The largest absolute Gasteiger partial charge is 0.440 e. The van der Waals surface area contributed by atoms with Crippen molar-refractivity contribution in [2.45, 2.75) is 6.54 Å².